The van der Waals surface area contributed by atoms with Crippen molar-refractivity contribution in [2.45, 2.75) is 20.0 Å². The molecule has 0 spiro atoms. The number of aliphatic hydroxyl groups is 1. The van der Waals surface area contributed by atoms with E-state index in [1.807, 2.05) is 6.92 Å². The smallest absolute Gasteiger partial charge is 0.163 e. The highest BCUT2D eigenvalue weighted by Crippen LogP contribution is 2.19. The summed E-state index contributed by atoms with van der Waals surface area (Å²) in [5, 5.41) is 8.88. The number of benzene rings is 1. The van der Waals surface area contributed by atoms with Crippen LogP contribution in [0.3, 0.4) is 0 Å². The Labute approximate surface area is 85.7 Å². The zero-order chi connectivity index (χ0) is 9.84. The summed E-state index contributed by atoms with van der Waals surface area (Å²) in [7, 11) is 0. The molecule has 0 amide bonds. The Bertz CT molecular complexity index is 321. The van der Waals surface area contributed by atoms with Crippen LogP contribution in [0.15, 0.2) is 22.7 Å². The molecule has 0 atom stereocenters. The summed E-state index contributed by atoms with van der Waals surface area (Å²) in [6, 6.07) is 5.29. The van der Waals surface area contributed by atoms with Crippen LogP contribution in [0.25, 0.3) is 0 Å². The molecule has 0 radical (unpaired) electrons. The Morgan fingerprint density at radius 3 is 2.77 bits per heavy atom. The summed E-state index contributed by atoms with van der Waals surface area (Å²) >= 11 is 3.30. The Kier molecular flexibility index (Phi) is 3.63. The molecule has 0 aromatic heterocycles. The first-order chi connectivity index (χ1) is 6.19. The zero-order valence-corrected chi connectivity index (χ0v) is 8.97. The van der Waals surface area contributed by atoms with E-state index in [0.717, 1.165) is 10.0 Å². The second kappa shape index (κ2) is 4.53. The lowest BCUT2D eigenvalue weighted by molar-refractivity contribution is 0.0987. The molecule has 0 heterocycles. The zero-order valence-electron chi connectivity index (χ0n) is 7.38. The fourth-order valence-electron chi connectivity index (χ4n) is 1.07. The molecular weight excluding hydrogens is 232 g/mol. The van der Waals surface area contributed by atoms with Crippen LogP contribution in [-0.2, 0) is 6.61 Å². The molecule has 0 fully saturated rings. The van der Waals surface area contributed by atoms with Crippen molar-refractivity contribution in [3.8, 4) is 0 Å². The summed E-state index contributed by atoms with van der Waals surface area (Å²) < 4.78 is 0.788. The van der Waals surface area contributed by atoms with E-state index in [1.165, 1.54) is 0 Å². The molecule has 70 valence electrons. The largest absolute Gasteiger partial charge is 0.392 e. The maximum absolute atomic E-state index is 11.4. The van der Waals surface area contributed by atoms with Crippen molar-refractivity contribution in [1.29, 1.82) is 0 Å². The highest BCUT2D eigenvalue weighted by molar-refractivity contribution is 9.10. The third-order valence-corrected chi connectivity index (χ3v) is 2.53. The summed E-state index contributed by atoms with van der Waals surface area (Å²) in [5.74, 6) is 0.0853. The van der Waals surface area contributed by atoms with Gasteiger partial charge in [-0.1, -0.05) is 28.9 Å². The van der Waals surface area contributed by atoms with E-state index in [0.29, 0.717) is 12.0 Å². The summed E-state index contributed by atoms with van der Waals surface area (Å²) in [5.41, 5.74) is 1.41. The van der Waals surface area contributed by atoms with Gasteiger partial charge in [-0.2, -0.15) is 0 Å². The molecule has 3 heteroatoms. The molecule has 1 aromatic rings. The molecule has 13 heavy (non-hydrogen) atoms. The molecule has 0 aliphatic carbocycles. The minimum absolute atomic E-state index is 0.0305. The van der Waals surface area contributed by atoms with Gasteiger partial charge >= 0.3 is 0 Å². The highest BCUT2D eigenvalue weighted by atomic mass is 79.9. The number of halogens is 1. The Balaban J connectivity index is 3.11. The van der Waals surface area contributed by atoms with Crippen LogP contribution in [0.2, 0.25) is 0 Å². The van der Waals surface area contributed by atoms with Crippen molar-refractivity contribution >= 4 is 21.7 Å². The molecule has 1 rings (SSSR count). The van der Waals surface area contributed by atoms with Gasteiger partial charge in [0, 0.05) is 16.5 Å². The van der Waals surface area contributed by atoms with Gasteiger partial charge < -0.3 is 5.11 Å². The summed E-state index contributed by atoms with van der Waals surface area (Å²) in [6.07, 6.45) is 0.480. The summed E-state index contributed by atoms with van der Waals surface area (Å²) in [6.45, 7) is 1.79. The number of Topliss-reactive ketones (excluding diaryl/α,β-unsaturated/α-hetero) is 1. The van der Waals surface area contributed by atoms with E-state index in [2.05, 4.69) is 15.9 Å². The average molecular weight is 243 g/mol. The minimum atomic E-state index is -0.0305. The van der Waals surface area contributed by atoms with Crippen molar-refractivity contribution in [1.82, 2.24) is 0 Å². The van der Waals surface area contributed by atoms with Gasteiger partial charge in [0.1, 0.15) is 0 Å². The number of hydrogen-bond donors (Lipinski definition) is 1. The lowest BCUT2D eigenvalue weighted by atomic mass is 10.1. The van der Waals surface area contributed by atoms with Gasteiger partial charge in [0.15, 0.2) is 5.78 Å². The van der Waals surface area contributed by atoms with Crippen molar-refractivity contribution < 1.29 is 9.90 Å². The lowest BCUT2D eigenvalue weighted by Gasteiger charge is -2.03. The van der Waals surface area contributed by atoms with E-state index >= 15 is 0 Å². The van der Waals surface area contributed by atoms with Crippen LogP contribution in [-0.4, -0.2) is 10.9 Å². The van der Waals surface area contributed by atoms with Gasteiger partial charge in [-0.3, -0.25) is 4.79 Å². The first-order valence-electron chi connectivity index (χ1n) is 4.11. The fourth-order valence-corrected chi connectivity index (χ4v) is 1.54. The number of ketones is 1. The first-order valence-corrected chi connectivity index (χ1v) is 4.90. The number of aliphatic hydroxyl groups excluding tert-OH is 1. The molecular formula is C10H11BrO2. The lowest BCUT2D eigenvalue weighted by Crippen LogP contribution is -1.99. The SMILES string of the molecule is CCC(=O)c1cc(CO)ccc1Br. The Hall–Kier alpha value is -0.670. The Morgan fingerprint density at radius 1 is 1.54 bits per heavy atom. The maximum atomic E-state index is 11.4. The van der Waals surface area contributed by atoms with Crippen molar-refractivity contribution in [3.05, 3.63) is 33.8 Å². The van der Waals surface area contributed by atoms with Crippen LogP contribution >= 0.6 is 15.9 Å². The van der Waals surface area contributed by atoms with Gasteiger partial charge in [-0.05, 0) is 17.7 Å². The minimum Gasteiger partial charge on any atom is -0.392 e. The predicted octanol–water partition coefficient (Wildman–Crippen LogP) is 2.53. The van der Waals surface area contributed by atoms with E-state index in [4.69, 9.17) is 5.11 Å². The molecule has 2 nitrogen and oxygen atoms in total. The molecule has 0 aliphatic heterocycles. The normalized spacial score (nSPS) is 10.1. The van der Waals surface area contributed by atoms with Crippen LogP contribution in [0, 0.1) is 0 Å². The molecule has 0 saturated heterocycles. The molecule has 1 N–H and O–H groups in total. The van der Waals surface area contributed by atoms with Crippen molar-refractivity contribution in [2.75, 3.05) is 0 Å². The van der Waals surface area contributed by atoms with Crippen LogP contribution in [0.4, 0.5) is 0 Å². The molecule has 0 unspecified atom stereocenters. The second-order valence-corrected chi connectivity index (χ2v) is 3.60. The quantitative estimate of drug-likeness (QED) is 0.828. The third-order valence-electron chi connectivity index (χ3n) is 1.83. The predicted molar refractivity (Wildman–Crippen MR) is 54.7 cm³/mol. The fraction of sp³-hybridized carbons (Fsp3) is 0.300. The Morgan fingerprint density at radius 2 is 2.23 bits per heavy atom. The van der Waals surface area contributed by atoms with E-state index in [1.54, 1.807) is 18.2 Å². The molecule has 0 saturated carbocycles. The van der Waals surface area contributed by atoms with Crippen molar-refractivity contribution in [2.24, 2.45) is 0 Å². The highest BCUT2D eigenvalue weighted by Gasteiger charge is 2.08. The number of rotatable bonds is 3. The number of carbonyl (C=O) groups excluding carboxylic acids is 1. The maximum Gasteiger partial charge on any atom is 0.163 e. The molecule has 0 bridgehead atoms. The topological polar surface area (TPSA) is 37.3 Å². The van der Waals surface area contributed by atoms with Crippen molar-refractivity contribution in [3.63, 3.8) is 0 Å². The molecule has 0 aliphatic rings. The first kappa shape index (κ1) is 10.4. The van der Waals surface area contributed by atoms with Gasteiger partial charge in [-0.15, -0.1) is 0 Å². The van der Waals surface area contributed by atoms with Gasteiger partial charge in [-0.25, -0.2) is 0 Å². The second-order valence-electron chi connectivity index (χ2n) is 2.75. The average Bonchev–Trinajstić information content (AvgIpc) is 2.17. The summed E-state index contributed by atoms with van der Waals surface area (Å²) in [4.78, 5) is 11.4. The van der Waals surface area contributed by atoms with Crippen LogP contribution in [0.5, 0.6) is 0 Å². The van der Waals surface area contributed by atoms with Gasteiger partial charge in [0.05, 0.1) is 6.61 Å². The van der Waals surface area contributed by atoms with Gasteiger partial charge in [0.25, 0.3) is 0 Å². The number of carbonyl (C=O) groups is 1. The monoisotopic (exact) mass is 242 g/mol. The standard InChI is InChI=1S/C10H11BrO2/c1-2-10(13)8-5-7(6-12)3-4-9(8)11/h3-5,12H,2,6H2,1H3. The van der Waals surface area contributed by atoms with Gasteiger partial charge in [0.2, 0.25) is 0 Å². The molecule has 1 aromatic carbocycles. The van der Waals surface area contributed by atoms with E-state index in [-0.39, 0.29) is 12.4 Å². The van der Waals surface area contributed by atoms with E-state index < -0.39 is 0 Å². The van der Waals surface area contributed by atoms with Crippen LogP contribution < -0.4 is 0 Å². The third kappa shape index (κ3) is 2.39. The van der Waals surface area contributed by atoms with Crippen LogP contribution in [0.1, 0.15) is 29.3 Å². The number of hydrogen-bond acceptors (Lipinski definition) is 2. The van der Waals surface area contributed by atoms with E-state index in [9.17, 15) is 4.79 Å².